The molecule has 4 rings (SSSR count). The van der Waals surface area contributed by atoms with E-state index in [4.69, 9.17) is 14.3 Å². The van der Waals surface area contributed by atoms with Gasteiger partial charge in [-0.3, -0.25) is 0 Å². The Morgan fingerprint density at radius 1 is 1.11 bits per heavy atom. The van der Waals surface area contributed by atoms with Gasteiger partial charge in [-0.25, -0.2) is 18.4 Å². The number of urea groups is 1. The number of amides is 2. The first-order valence-electron chi connectivity index (χ1n) is 12.0. The summed E-state index contributed by atoms with van der Waals surface area (Å²) in [5, 5.41) is 6.93. The highest BCUT2D eigenvalue weighted by Crippen LogP contribution is 2.25. The summed E-state index contributed by atoms with van der Waals surface area (Å²) in [7, 11) is 1.56. The SMILES string of the molecule is CCOC(=O)c1ccc(NC(=O)N(Cc2ccc(F)cc2F)CC2CC(c3ccccc3OC)=NO2)cc1. The van der Waals surface area contributed by atoms with Crippen LogP contribution in [0.1, 0.15) is 34.8 Å². The minimum absolute atomic E-state index is 0.0751. The van der Waals surface area contributed by atoms with Gasteiger partial charge in [0.1, 0.15) is 17.4 Å². The molecule has 0 aromatic heterocycles. The van der Waals surface area contributed by atoms with Crippen molar-refractivity contribution >= 4 is 23.4 Å². The lowest BCUT2D eigenvalue weighted by molar-refractivity contribution is 0.0526. The van der Waals surface area contributed by atoms with Crippen molar-refractivity contribution in [3.8, 4) is 5.75 Å². The van der Waals surface area contributed by atoms with Crippen molar-refractivity contribution in [2.45, 2.75) is 26.0 Å². The first-order valence-corrected chi connectivity index (χ1v) is 12.0. The van der Waals surface area contributed by atoms with Crippen LogP contribution in [0.3, 0.4) is 0 Å². The van der Waals surface area contributed by atoms with Crippen LogP contribution in [0.25, 0.3) is 0 Å². The number of esters is 1. The summed E-state index contributed by atoms with van der Waals surface area (Å²) in [6.45, 7) is 1.90. The number of hydrogen-bond acceptors (Lipinski definition) is 6. The lowest BCUT2D eigenvalue weighted by Crippen LogP contribution is -2.40. The smallest absolute Gasteiger partial charge is 0.338 e. The van der Waals surface area contributed by atoms with Crippen molar-refractivity contribution in [1.29, 1.82) is 0 Å². The number of ether oxygens (including phenoxy) is 2. The Balaban J connectivity index is 1.49. The van der Waals surface area contributed by atoms with Gasteiger partial charge < -0.3 is 24.5 Å². The molecular formula is C28H27F2N3O5. The zero-order valence-electron chi connectivity index (χ0n) is 20.9. The van der Waals surface area contributed by atoms with E-state index in [0.717, 1.165) is 17.7 Å². The van der Waals surface area contributed by atoms with Gasteiger partial charge in [-0.1, -0.05) is 23.4 Å². The molecule has 1 aliphatic heterocycles. The maximum Gasteiger partial charge on any atom is 0.338 e. The second-order valence-corrected chi connectivity index (χ2v) is 8.51. The van der Waals surface area contributed by atoms with Crippen molar-refractivity contribution in [3.05, 3.63) is 95.1 Å². The summed E-state index contributed by atoms with van der Waals surface area (Å²) in [6, 6.07) is 16.2. The van der Waals surface area contributed by atoms with E-state index in [2.05, 4.69) is 10.5 Å². The highest BCUT2D eigenvalue weighted by Gasteiger charge is 2.29. The third kappa shape index (κ3) is 6.44. The molecular weight excluding hydrogens is 496 g/mol. The van der Waals surface area contributed by atoms with Crippen LogP contribution < -0.4 is 10.1 Å². The molecule has 0 radical (unpaired) electrons. The van der Waals surface area contributed by atoms with E-state index in [0.29, 0.717) is 29.1 Å². The number of methoxy groups -OCH3 is 1. The van der Waals surface area contributed by atoms with Crippen LogP contribution in [0, 0.1) is 11.6 Å². The van der Waals surface area contributed by atoms with Gasteiger partial charge in [0.15, 0.2) is 6.10 Å². The molecule has 1 atom stereocenters. The number of oxime groups is 1. The zero-order valence-corrected chi connectivity index (χ0v) is 20.9. The molecule has 1 aliphatic rings. The average Bonchev–Trinajstić information content (AvgIpc) is 3.38. The Labute approximate surface area is 218 Å². The molecule has 1 heterocycles. The molecule has 8 nitrogen and oxygen atoms in total. The maximum absolute atomic E-state index is 14.5. The first kappa shape index (κ1) is 26.6. The summed E-state index contributed by atoms with van der Waals surface area (Å²) in [6.07, 6.45) is -0.111. The Morgan fingerprint density at radius 3 is 2.58 bits per heavy atom. The highest BCUT2D eigenvalue weighted by atomic mass is 19.1. The van der Waals surface area contributed by atoms with Gasteiger partial charge in [0, 0.05) is 29.3 Å². The Hall–Kier alpha value is -4.47. The van der Waals surface area contributed by atoms with E-state index in [1.165, 1.54) is 23.1 Å². The second kappa shape index (κ2) is 12.2. The van der Waals surface area contributed by atoms with Crippen LogP contribution >= 0.6 is 0 Å². The third-order valence-electron chi connectivity index (χ3n) is 5.89. The molecule has 3 aromatic rings. The molecule has 0 saturated carbocycles. The van der Waals surface area contributed by atoms with Crippen LogP contribution in [0.5, 0.6) is 5.75 Å². The fourth-order valence-corrected chi connectivity index (χ4v) is 4.00. The number of para-hydroxylation sites is 1. The first-order chi connectivity index (χ1) is 18.4. The van der Waals surface area contributed by atoms with E-state index in [1.807, 2.05) is 24.3 Å². The zero-order chi connectivity index (χ0) is 27.1. The van der Waals surface area contributed by atoms with Crippen molar-refractivity contribution in [2.75, 3.05) is 25.6 Å². The minimum Gasteiger partial charge on any atom is -0.496 e. The summed E-state index contributed by atoms with van der Waals surface area (Å²) in [4.78, 5) is 32.1. The van der Waals surface area contributed by atoms with E-state index in [1.54, 1.807) is 26.2 Å². The molecule has 1 N–H and O–H groups in total. The Morgan fingerprint density at radius 2 is 1.87 bits per heavy atom. The van der Waals surface area contributed by atoms with Crippen molar-refractivity contribution < 1.29 is 32.7 Å². The minimum atomic E-state index is -0.764. The Bertz CT molecular complexity index is 1330. The number of nitrogens with one attached hydrogen (secondary N) is 1. The van der Waals surface area contributed by atoms with E-state index in [9.17, 15) is 18.4 Å². The third-order valence-corrected chi connectivity index (χ3v) is 5.89. The number of anilines is 1. The van der Waals surface area contributed by atoms with E-state index in [-0.39, 0.29) is 25.3 Å². The van der Waals surface area contributed by atoms with Crippen LogP contribution in [-0.4, -0.2) is 49.0 Å². The number of halogens is 2. The van der Waals surface area contributed by atoms with Gasteiger partial charge in [-0.2, -0.15) is 0 Å². The number of hydrogen-bond donors (Lipinski definition) is 1. The van der Waals surface area contributed by atoms with E-state index < -0.39 is 29.7 Å². The molecule has 0 saturated heterocycles. The topological polar surface area (TPSA) is 89.5 Å². The normalized spacial score (nSPS) is 14.3. The predicted molar refractivity (Wildman–Crippen MR) is 137 cm³/mol. The molecule has 10 heteroatoms. The highest BCUT2D eigenvalue weighted by molar-refractivity contribution is 6.03. The number of benzene rings is 3. The van der Waals surface area contributed by atoms with Gasteiger partial charge in [0.2, 0.25) is 0 Å². The van der Waals surface area contributed by atoms with Crippen molar-refractivity contribution in [2.24, 2.45) is 5.16 Å². The predicted octanol–water partition coefficient (Wildman–Crippen LogP) is 5.38. The van der Waals surface area contributed by atoms with E-state index >= 15 is 0 Å². The van der Waals surface area contributed by atoms with Gasteiger partial charge in [0.25, 0.3) is 0 Å². The fraction of sp³-hybridized carbons (Fsp3) is 0.250. The monoisotopic (exact) mass is 523 g/mol. The molecule has 38 heavy (non-hydrogen) atoms. The molecule has 0 bridgehead atoms. The summed E-state index contributed by atoms with van der Waals surface area (Å²) in [5.41, 5.74) is 2.35. The quantitative estimate of drug-likeness (QED) is 0.381. The van der Waals surface area contributed by atoms with Gasteiger partial charge in [-0.05, 0) is 49.4 Å². The largest absolute Gasteiger partial charge is 0.496 e. The van der Waals surface area contributed by atoms with Crippen LogP contribution in [0.2, 0.25) is 0 Å². The average molecular weight is 524 g/mol. The fourth-order valence-electron chi connectivity index (χ4n) is 4.00. The standard InChI is InChI=1S/C28H27F2N3O5/c1-3-37-27(34)18-9-12-21(13-10-18)31-28(35)33(16-19-8-11-20(29)14-24(19)30)17-22-15-25(32-38-22)23-6-4-5-7-26(23)36-2/h4-14,22H,3,15-17H2,1-2H3,(H,31,35). The molecule has 198 valence electrons. The van der Waals surface area contributed by atoms with Gasteiger partial charge in [-0.15, -0.1) is 0 Å². The second-order valence-electron chi connectivity index (χ2n) is 8.51. The lowest BCUT2D eigenvalue weighted by atomic mass is 10.0. The van der Waals surface area contributed by atoms with Gasteiger partial charge >= 0.3 is 12.0 Å². The number of carbonyl (C=O) groups is 2. The number of nitrogens with zero attached hydrogens (tertiary/aromatic N) is 2. The Kier molecular flexibility index (Phi) is 8.52. The van der Waals surface area contributed by atoms with Crippen LogP contribution in [-0.2, 0) is 16.1 Å². The maximum atomic E-state index is 14.5. The molecule has 2 amide bonds. The number of carbonyl (C=O) groups excluding carboxylic acids is 2. The van der Waals surface area contributed by atoms with Crippen LogP contribution in [0.15, 0.2) is 71.9 Å². The number of rotatable bonds is 9. The molecule has 0 fully saturated rings. The summed E-state index contributed by atoms with van der Waals surface area (Å²) < 4.78 is 38.3. The summed E-state index contributed by atoms with van der Waals surface area (Å²) in [5.74, 6) is -1.30. The lowest BCUT2D eigenvalue weighted by Gasteiger charge is -2.25. The van der Waals surface area contributed by atoms with Crippen molar-refractivity contribution in [1.82, 2.24) is 4.90 Å². The van der Waals surface area contributed by atoms with Crippen LogP contribution in [0.4, 0.5) is 19.3 Å². The molecule has 3 aromatic carbocycles. The summed E-state index contributed by atoms with van der Waals surface area (Å²) >= 11 is 0. The molecule has 0 aliphatic carbocycles. The van der Waals surface area contributed by atoms with Gasteiger partial charge in [0.05, 0.1) is 38.1 Å². The van der Waals surface area contributed by atoms with Crippen molar-refractivity contribution in [3.63, 3.8) is 0 Å². The molecule has 0 spiro atoms. The molecule has 1 unspecified atom stereocenters.